The van der Waals surface area contributed by atoms with Crippen LogP contribution in [0, 0.1) is 12.7 Å². The van der Waals surface area contributed by atoms with Crippen LogP contribution in [0.3, 0.4) is 0 Å². The van der Waals surface area contributed by atoms with Crippen molar-refractivity contribution >= 4 is 35.0 Å². The van der Waals surface area contributed by atoms with Gasteiger partial charge in [-0.25, -0.2) is 14.0 Å². The topological polar surface area (TPSA) is 72.0 Å². The Kier molecular flexibility index (Phi) is 7.47. The summed E-state index contributed by atoms with van der Waals surface area (Å²) >= 11 is 6.61. The molecule has 0 saturated heterocycles. The zero-order valence-electron chi connectivity index (χ0n) is 21.4. The first kappa shape index (κ1) is 26.2. The fourth-order valence-corrected chi connectivity index (χ4v) is 4.79. The van der Waals surface area contributed by atoms with Crippen LogP contribution in [0.4, 0.5) is 20.6 Å². The molecule has 5 rings (SSSR count). The Bertz CT molecular complexity index is 1560. The summed E-state index contributed by atoms with van der Waals surface area (Å²) in [5.41, 5.74) is 4.10. The molecule has 2 amide bonds. The van der Waals surface area contributed by atoms with E-state index in [4.69, 9.17) is 21.1 Å². The lowest BCUT2D eigenvalue weighted by Crippen LogP contribution is -2.47. The maximum absolute atomic E-state index is 14.0. The van der Waals surface area contributed by atoms with Crippen molar-refractivity contribution in [3.63, 3.8) is 0 Å². The normalized spacial score (nSPS) is 12.8. The predicted octanol–water partition coefficient (Wildman–Crippen LogP) is 6.69. The van der Waals surface area contributed by atoms with Crippen molar-refractivity contribution in [1.29, 1.82) is 0 Å². The SMILES string of the molecule is COC(=O)c1ccccc1CN1C(=O)N(c2cc(OCc3ncccc3F)ccc2C)Cc2c(Cl)cccc21. The molecule has 1 aliphatic rings. The molecule has 1 aromatic heterocycles. The lowest BCUT2D eigenvalue weighted by atomic mass is 10.0. The second-order valence-electron chi connectivity index (χ2n) is 9.01. The molecule has 4 aromatic rings. The Hall–Kier alpha value is -4.43. The Morgan fingerprint density at radius 3 is 2.67 bits per heavy atom. The number of halogens is 2. The number of ether oxygens (including phenoxy) is 2. The molecule has 0 radical (unpaired) electrons. The minimum absolute atomic E-state index is 0.0613. The van der Waals surface area contributed by atoms with Gasteiger partial charge in [-0.3, -0.25) is 14.8 Å². The summed E-state index contributed by atoms with van der Waals surface area (Å²) in [6.07, 6.45) is 1.50. The zero-order valence-corrected chi connectivity index (χ0v) is 22.1. The first-order chi connectivity index (χ1) is 18.9. The number of fused-ring (bicyclic) bond motifs is 1. The second kappa shape index (κ2) is 11.1. The Labute approximate surface area is 230 Å². The molecule has 1 aliphatic heterocycles. The highest BCUT2D eigenvalue weighted by Gasteiger charge is 2.34. The second-order valence-corrected chi connectivity index (χ2v) is 9.42. The summed E-state index contributed by atoms with van der Waals surface area (Å²) in [7, 11) is 1.32. The van der Waals surface area contributed by atoms with Crippen molar-refractivity contribution in [3.8, 4) is 5.75 Å². The third-order valence-electron chi connectivity index (χ3n) is 6.60. The van der Waals surface area contributed by atoms with E-state index in [1.165, 1.54) is 25.4 Å². The Morgan fingerprint density at radius 2 is 1.87 bits per heavy atom. The van der Waals surface area contributed by atoms with Gasteiger partial charge in [0.15, 0.2) is 0 Å². The molecule has 0 atom stereocenters. The van der Waals surface area contributed by atoms with E-state index in [0.717, 1.165) is 11.1 Å². The van der Waals surface area contributed by atoms with Crippen LogP contribution in [0.2, 0.25) is 5.02 Å². The minimum Gasteiger partial charge on any atom is -0.487 e. The number of carbonyl (C=O) groups is 2. The largest absolute Gasteiger partial charge is 0.487 e. The molecule has 0 saturated carbocycles. The van der Waals surface area contributed by atoms with Crippen LogP contribution in [0.15, 0.2) is 79.0 Å². The van der Waals surface area contributed by atoms with Gasteiger partial charge in [0.2, 0.25) is 0 Å². The number of pyridine rings is 1. The molecule has 2 heterocycles. The standard InChI is InChI=1S/C30H25ClFN3O4/c1-19-12-13-21(39-18-26-25(32)10-6-14-33-26)15-28(19)35-17-23-24(31)9-5-11-27(23)34(30(35)37)16-20-7-3-4-8-22(20)29(36)38-2/h3-15H,16-18H2,1-2H3. The van der Waals surface area contributed by atoms with Gasteiger partial charge < -0.3 is 9.47 Å². The van der Waals surface area contributed by atoms with Gasteiger partial charge in [0, 0.05) is 22.8 Å². The smallest absolute Gasteiger partial charge is 0.338 e. The van der Waals surface area contributed by atoms with Crippen molar-refractivity contribution in [3.05, 3.63) is 118 Å². The number of aryl methyl sites for hydroxylation is 1. The van der Waals surface area contributed by atoms with Gasteiger partial charge in [0.05, 0.1) is 37.1 Å². The highest BCUT2D eigenvalue weighted by atomic mass is 35.5. The number of aromatic nitrogens is 1. The molecule has 0 bridgehead atoms. The van der Waals surface area contributed by atoms with Gasteiger partial charge in [-0.15, -0.1) is 0 Å². The fourth-order valence-electron chi connectivity index (χ4n) is 4.56. The number of hydrogen-bond acceptors (Lipinski definition) is 5. The summed E-state index contributed by atoms with van der Waals surface area (Å²) in [5, 5.41) is 0.520. The molecular weight excluding hydrogens is 521 g/mol. The molecule has 0 spiro atoms. The number of nitrogens with zero attached hydrogens (tertiary/aromatic N) is 3. The molecular formula is C30H25ClFN3O4. The van der Waals surface area contributed by atoms with Gasteiger partial charge in [-0.2, -0.15) is 0 Å². The molecule has 39 heavy (non-hydrogen) atoms. The van der Waals surface area contributed by atoms with E-state index in [1.54, 1.807) is 52.3 Å². The third-order valence-corrected chi connectivity index (χ3v) is 6.95. The van der Waals surface area contributed by atoms with Gasteiger partial charge in [0.25, 0.3) is 0 Å². The fraction of sp³-hybridized carbons (Fsp3) is 0.167. The summed E-state index contributed by atoms with van der Waals surface area (Å²) in [5.74, 6) is -0.477. The van der Waals surface area contributed by atoms with E-state index in [-0.39, 0.29) is 31.4 Å². The number of hydrogen-bond donors (Lipinski definition) is 0. The van der Waals surface area contributed by atoms with E-state index in [2.05, 4.69) is 4.98 Å². The number of esters is 1. The highest BCUT2D eigenvalue weighted by molar-refractivity contribution is 6.32. The predicted molar refractivity (Wildman–Crippen MR) is 147 cm³/mol. The Morgan fingerprint density at radius 1 is 1.05 bits per heavy atom. The van der Waals surface area contributed by atoms with Crippen molar-refractivity contribution in [2.24, 2.45) is 0 Å². The van der Waals surface area contributed by atoms with E-state index in [0.29, 0.717) is 33.3 Å². The number of amides is 2. The lowest BCUT2D eigenvalue weighted by molar-refractivity contribution is 0.0599. The van der Waals surface area contributed by atoms with E-state index >= 15 is 0 Å². The number of carbonyl (C=O) groups excluding carboxylic acids is 2. The summed E-state index contributed by atoms with van der Waals surface area (Å²) in [4.78, 5) is 33.7. The first-order valence-electron chi connectivity index (χ1n) is 12.2. The molecule has 198 valence electrons. The van der Waals surface area contributed by atoms with Crippen molar-refractivity contribution in [2.75, 3.05) is 16.9 Å². The Balaban J connectivity index is 1.50. The number of benzene rings is 3. The molecule has 0 fully saturated rings. The molecule has 7 nitrogen and oxygen atoms in total. The third kappa shape index (κ3) is 5.28. The van der Waals surface area contributed by atoms with Crippen LogP contribution < -0.4 is 14.5 Å². The molecule has 0 aliphatic carbocycles. The minimum atomic E-state index is -0.483. The van der Waals surface area contributed by atoms with Crippen molar-refractivity contribution in [2.45, 2.75) is 26.6 Å². The number of urea groups is 1. The maximum atomic E-state index is 14.0. The van der Waals surface area contributed by atoms with Gasteiger partial charge in [0.1, 0.15) is 23.9 Å². The van der Waals surface area contributed by atoms with Crippen molar-refractivity contribution < 1.29 is 23.5 Å². The quantitative estimate of drug-likeness (QED) is 0.242. The molecule has 0 unspecified atom stereocenters. The average molecular weight is 546 g/mol. The van der Waals surface area contributed by atoms with Crippen LogP contribution >= 0.6 is 11.6 Å². The van der Waals surface area contributed by atoms with Crippen LogP contribution in [0.25, 0.3) is 0 Å². The molecule has 0 N–H and O–H groups in total. The first-order valence-corrected chi connectivity index (χ1v) is 12.6. The van der Waals surface area contributed by atoms with Crippen LogP contribution in [-0.2, 0) is 24.4 Å². The number of methoxy groups -OCH3 is 1. The van der Waals surface area contributed by atoms with Gasteiger partial charge >= 0.3 is 12.0 Å². The van der Waals surface area contributed by atoms with Crippen LogP contribution in [0.5, 0.6) is 5.75 Å². The lowest BCUT2D eigenvalue weighted by Gasteiger charge is -2.38. The number of rotatable bonds is 7. The van der Waals surface area contributed by atoms with E-state index in [1.807, 2.05) is 25.1 Å². The number of anilines is 2. The van der Waals surface area contributed by atoms with Crippen LogP contribution in [0.1, 0.15) is 32.7 Å². The summed E-state index contributed by atoms with van der Waals surface area (Å²) in [6, 6.07) is 20.3. The van der Waals surface area contributed by atoms with Crippen LogP contribution in [-0.4, -0.2) is 24.1 Å². The molecule has 3 aromatic carbocycles. The summed E-state index contributed by atoms with van der Waals surface area (Å²) in [6.45, 7) is 2.20. The molecule has 9 heteroatoms. The van der Waals surface area contributed by atoms with Crippen molar-refractivity contribution in [1.82, 2.24) is 4.98 Å². The highest BCUT2D eigenvalue weighted by Crippen LogP contribution is 2.39. The maximum Gasteiger partial charge on any atom is 0.338 e. The zero-order chi connectivity index (χ0) is 27.5. The summed E-state index contributed by atoms with van der Waals surface area (Å²) < 4.78 is 24.8. The van der Waals surface area contributed by atoms with E-state index < -0.39 is 11.8 Å². The van der Waals surface area contributed by atoms with Gasteiger partial charge in [-0.1, -0.05) is 41.9 Å². The monoisotopic (exact) mass is 545 g/mol. The average Bonchev–Trinajstić information content (AvgIpc) is 2.95. The van der Waals surface area contributed by atoms with Gasteiger partial charge in [-0.05, 0) is 54.4 Å². The van der Waals surface area contributed by atoms with E-state index in [9.17, 15) is 14.0 Å².